The predicted octanol–water partition coefficient (Wildman–Crippen LogP) is 4.91. The summed E-state index contributed by atoms with van der Waals surface area (Å²) in [6.07, 6.45) is 10.0. The van der Waals surface area contributed by atoms with E-state index in [1.165, 1.54) is 0 Å². The van der Waals surface area contributed by atoms with Crippen LogP contribution in [0.4, 0.5) is 5.69 Å². The first kappa shape index (κ1) is 22.1. The standard InChI is InChI=1S/C26H28N8S/c1-16(2)31-20-12-21(22-4-3-18-11-17(13-27)14-30-34(18)22)29-15-19(20)23-32-33-24(35-23)25-5-8-26(28,9-6-25)10-7-25/h3-4,11-12,14-16H,5-10,28H2,1-2H3,(H,29,31). The molecule has 3 aliphatic carbocycles. The molecule has 0 unspecified atom stereocenters. The SMILES string of the molecule is CC(C)Nc1cc(-c2ccc3cc(C#N)cnn23)ncc1-c1nnc(C23CCC(N)(CC2)CC3)s1. The summed E-state index contributed by atoms with van der Waals surface area (Å²) >= 11 is 1.70. The monoisotopic (exact) mass is 484 g/mol. The fraction of sp³-hybridized carbons (Fsp3) is 0.423. The second-order valence-corrected chi connectivity index (χ2v) is 11.4. The summed E-state index contributed by atoms with van der Waals surface area (Å²) in [5.74, 6) is 0. The molecule has 9 heteroatoms. The van der Waals surface area contributed by atoms with Gasteiger partial charge < -0.3 is 11.1 Å². The third kappa shape index (κ3) is 3.77. The van der Waals surface area contributed by atoms with Gasteiger partial charge in [0, 0.05) is 28.9 Å². The fourth-order valence-corrected chi connectivity index (χ4v) is 6.67. The van der Waals surface area contributed by atoms with Crippen molar-refractivity contribution in [3.63, 3.8) is 0 Å². The number of pyridine rings is 1. The van der Waals surface area contributed by atoms with Gasteiger partial charge in [-0.2, -0.15) is 10.4 Å². The van der Waals surface area contributed by atoms with Gasteiger partial charge in [0.2, 0.25) is 0 Å². The van der Waals surface area contributed by atoms with Gasteiger partial charge in [-0.3, -0.25) is 4.98 Å². The number of rotatable bonds is 5. The third-order valence-corrected chi connectivity index (χ3v) is 8.86. The van der Waals surface area contributed by atoms with E-state index in [0.717, 1.165) is 76.7 Å². The highest BCUT2D eigenvalue weighted by molar-refractivity contribution is 7.14. The molecule has 3 fully saturated rings. The Balaban J connectivity index is 1.37. The maximum absolute atomic E-state index is 9.17. The van der Waals surface area contributed by atoms with Gasteiger partial charge in [0.05, 0.1) is 34.2 Å². The number of nitrogens with one attached hydrogen (secondary N) is 1. The number of nitrogens with two attached hydrogens (primary N) is 1. The van der Waals surface area contributed by atoms with Gasteiger partial charge in [-0.25, -0.2) is 4.52 Å². The van der Waals surface area contributed by atoms with E-state index in [9.17, 15) is 5.26 Å². The van der Waals surface area contributed by atoms with E-state index in [1.807, 2.05) is 28.9 Å². The Morgan fingerprint density at radius 3 is 2.57 bits per heavy atom. The molecule has 4 heterocycles. The number of hydrogen-bond acceptors (Lipinski definition) is 8. The first-order valence-electron chi connectivity index (χ1n) is 12.2. The Labute approximate surface area is 208 Å². The first-order valence-corrected chi connectivity index (χ1v) is 13.0. The molecule has 3 aliphatic rings. The van der Waals surface area contributed by atoms with Gasteiger partial charge >= 0.3 is 0 Å². The van der Waals surface area contributed by atoms with Crippen LogP contribution in [0.3, 0.4) is 0 Å². The number of nitriles is 1. The van der Waals surface area contributed by atoms with Crippen molar-refractivity contribution in [3.8, 4) is 28.0 Å². The molecule has 0 aromatic carbocycles. The van der Waals surface area contributed by atoms with E-state index in [4.69, 9.17) is 10.7 Å². The van der Waals surface area contributed by atoms with Gasteiger partial charge in [0.25, 0.3) is 0 Å². The Morgan fingerprint density at radius 2 is 1.86 bits per heavy atom. The van der Waals surface area contributed by atoms with Crippen molar-refractivity contribution in [2.24, 2.45) is 5.73 Å². The topological polar surface area (TPSA) is 118 Å². The Hall–Kier alpha value is -3.35. The Morgan fingerprint density at radius 1 is 1.09 bits per heavy atom. The lowest BCUT2D eigenvalue weighted by Crippen LogP contribution is -2.53. The van der Waals surface area contributed by atoms with Crippen LogP contribution in [0, 0.1) is 11.3 Å². The third-order valence-electron chi connectivity index (χ3n) is 7.65. The van der Waals surface area contributed by atoms with Crippen molar-refractivity contribution in [2.75, 3.05) is 5.32 Å². The molecule has 0 atom stereocenters. The molecule has 3 saturated carbocycles. The molecular weight excluding hydrogens is 456 g/mol. The van der Waals surface area contributed by atoms with Crippen LogP contribution < -0.4 is 11.1 Å². The van der Waals surface area contributed by atoms with Crippen molar-refractivity contribution >= 4 is 22.5 Å². The van der Waals surface area contributed by atoms with E-state index in [0.29, 0.717) is 5.56 Å². The van der Waals surface area contributed by atoms with Crippen LogP contribution in [0.5, 0.6) is 0 Å². The second-order valence-electron chi connectivity index (χ2n) is 10.4. The van der Waals surface area contributed by atoms with Crippen molar-refractivity contribution in [1.82, 2.24) is 24.8 Å². The predicted molar refractivity (Wildman–Crippen MR) is 137 cm³/mol. The van der Waals surface area contributed by atoms with Crippen LogP contribution in [-0.2, 0) is 5.41 Å². The zero-order valence-corrected chi connectivity index (χ0v) is 20.8. The molecule has 0 spiro atoms. The van der Waals surface area contributed by atoms with Crippen molar-refractivity contribution in [3.05, 3.63) is 47.2 Å². The van der Waals surface area contributed by atoms with Gasteiger partial charge in [0.1, 0.15) is 11.1 Å². The highest BCUT2D eigenvalue weighted by Crippen LogP contribution is 2.53. The molecule has 2 bridgehead atoms. The number of fused-ring (bicyclic) bond motifs is 4. The zero-order valence-electron chi connectivity index (χ0n) is 20.0. The molecule has 0 amide bonds. The molecule has 4 aromatic heterocycles. The smallest absolute Gasteiger partial charge is 0.151 e. The first-order chi connectivity index (χ1) is 16.9. The summed E-state index contributed by atoms with van der Waals surface area (Å²) in [6.45, 7) is 4.24. The zero-order chi connectivity index (χ0) is 24.2. The van der Waals surface area contributed by atoms with Crippen LogP contribution in [0.25, 0.3) is 27.5 Å². The van der Waals surface area contributed by atoms with Crippen LogP contribution in [0.2, 0.25) is 0 Å². The van der Waals surface area contributed by atoms with Crippen LogP contribution in [0.15, 0.2) is 36.7 Å². The molecule has 0 aliphatic heterocycles. The van der Waals surface area contributed by atoms with E-state index < -0.39 is 0 Å². The number of aromatic nitrogens is 5. The molecule has 0 saturated heterocycles. The van der Waals surface area contributed by atoms with E-state index in [1.54, 1.807) is 17.5 Å². The molecule has 8 nitrogen and oxygen atoms in total. The summed E-state index contributed by atoms with van der Waals surface area (Å²) in [5.41, 5.74) is 11.7. The Bertz CT molecular complexity index is 1440. The highest BCUT2D eigenvalue weighted by Gasteiger charge is 2.49. The fourth-order valence-electron chi connectivity index (χ4n) is 5.53. The average molecular weight is 485 g/mol. The molecule has 3 N–H and O–H groups in total. The highest BCUT2D eigenvalue weighted by atomic mass is 32.1. The molecule has 4 aromatic rings. The summed E-state index contributed by atoms with van der Waals surface area (Å²) in [6, 6.07) is 10.2. The van der Waals surface area contributed by atoms with E-state index >= 15 is 0 Å². The summed E-state index contributed by atoms with van der Waals surface area (Å²) < 4.78 is 1.81. The average Bonchev–Trinajstić information content (AvgIpc) is 3.52. The van der Waals surface area contributed by atoms with E-state index in [-0.39, 0.29) is 17.0 Å². The summed E-state index contributed by atoms with van der Waals surface area (Å²) in [5, 5.41) is 28.5. The number of anilines is 1. The van der Waals surface area contributed by atoms with Crippen LogP contribution >= 0.6 is 11.3 Å². The lowest BCUT2D eigenvalue weighted by Gasteiger charge is -2.50. The summed E-state index contributed by atoms with van der Waals surface area (Å²) in [4.78, 5) is 4.79. The van der Waals surface area contributed by atoms with E-state index in [2.05, 4.69) is 46.6 Å². The lowest BCUT2D eigenvalue weighted by molar-refractivity contribution is 0.106. The van der Waals surface area contributed by atoms with Crippen molar-refractivity contribution < 1.29 is 0 Å². The molecule has 7 rings (SSSR count). The van der Waals surface area contributed by atoms with Gasteiger partial charge in [0.15, 0.2) is 5.01 Å². The van der Waals surface area contributed by atoms with Gasteiger partial charge in [-0.1, -0.05) is 11.3 Å². The van der Waals surface area contributed by atoms with Gasteiger partial charge in [-0.05, 0) is 76.6 Å². The molecular formula is C26H28N8S. The quantitative estimate of drug-likeness (QED) is 0.413. The van der Waals surface area contributed by atoms with Crippen LogP contribution in [-0.4, -0.2) is 36.4 Å². The van der Waals surface area contributed by atoms with Crippen molar-refractivity contribution in [1.29, 1.82) is 5.26 Å². The minimum Gasteiger partial charge on any atom is -0.382 e. The van der Waals surface area contributed by atoms with Crippen LogP contribution in [0.1, 0.15) is 62.9 Å². The normalized spacial score (nSPS) is 23.6. The largest absolute Gasteiger partial charge is 0.382 e. The molecule has 35 heavy (non-hydrogen) atoms. The lowest BCUT2D eigenvalue weighted by atomic mass is 9.58. The summed E-state index contributed by atoms with van der Waals surface area (Å²) in [7, 11) is 0. The molecule has 178 valence electrons. The Kier molecular flexibility index (Phi) is 5.13. The molecule has 0 radical (unpaired) electrons. The number of nitrogens with zero attached hydrogens (tertiary/aromatic N) is 6. The maximum atomic E-state index is 9.17. The number of hydrogen-bond donors (Lipinski definition) is 2. The maximum Gasteiger partial charge on any atom is 0.151 e. The van der Waals surface area contributed by atoms with Gasteiger partial charge in [-0.15, -0.1) is 10.2 Å². The minimum atomic E-state index is 0.0391. The minimum absolute atomic E-state index is 0.0391. The second kappa shape index (κ2) is 8.11. The van der Waals surface area contributed by atoms with Crippen molar-refractivity contribution in [2.45, 2.75) is 69.4 Å².